The van der Waals surface area contributed by atoms with Crippen LogP contribution < -0.4 is 20.1 Å². The van der Waals surface area contributed by atoms with E-state index >= 15 is 0 Å². The minimum Gasteiger partial charge on any atom is -0.350 e. The van der Waals surface area contributed by atoms with E-state index < -0.39 is 20.0 Å². The highest BCUT2D eigenvalue weighted by molar-refractivity contribution is 7.89. The van der Waals surface area contributed by atoms with Gasteiger partial charge in [0, 0.05) is 47.0 Å². The maximum Gasteiger partial charge on any atom is 0.261 e. The third-order valence-corrected chi connectivity index (χ3v) is 13.3. The number of nitrogens with one attached hydrogen (secondary N) is 4. The van der Waals surface area contributed by atoms with Gasteiger partial charge < -0.3 is 20.4 Å². The lowest BCUT2D eigenvalue weighted by molar-refractivity contribution is 0.0951. The Morgan fingerprint density at radius 1 is 0.667 bits per heavy atom. The Morgan fingerprint density at radius 2 is 1.00 bits per heavy atom. The van der Waals surface area contributed by atoms with Gasteiger partial charge in [-0.2, -0.15) is 0 Å². The monoisotopic (exact) mass is 746 g/mol. The molecule has 0 radical (unpaired) electrons. The molecule has 0 aromatic carbocycles. The SMILES string of the molecule is Cc1ccc(C(=O)NCCS(=O)(=O)NC2CCN(C(C)C)CC2)s1.Cc1ccc(C(=O)NCCS(=O)(=O)NC2CCN(C(C)C)CC2)s1. The van der Waals surface area contributed by atoms with E-state index in [1.165, 1.54) is 22.7 Å². The van der Waals surface area contributed by atoms with Crippen LogP contribution in [0.1, 0.15) is 82.5 Å². The van der Waals surface area contributed by atoms with Crippen molar-refractivity contribution in [1.82, 2.24) is 29.9 Å². The fraction of sp³-hybridized carbons (Fsp3) is 0.688. The molecule has 16 heteroatoms. The summed E-state index contributed by atoms with van der Waals surface area (Å²) in [6, 6.07) is 8.26. The fourth-order valence-corrected chi connectivity index (χ4v) is 9.61. The van der Waals surface area contributed by atoms with Gasteiger partial charge in [-0.05, 0) is 118 Å². The average Bonchev–Trinajstić information content (AvgIpc) is 3.65. The predicted molar refractivity (Wildman–Crippen MR) is 196 cm³/mol. The van der Waals surface area contributed by atoms with Crippen LogP contribution in [0.2, 0.25) is 0 Å². The van der Waals surface area contributed by atoms with Crippen molar-refractivity contribution in [1.29, 1.82) is 0 Å². The minimum atomic E-state index is -3.37. The Labute approximate surface area is 295 Å². The number of hydrogen-bond acceptors (Lipinski definition) is 10. The molecule has 0 unspecified atom stereocenters. The van der Waals surface area contributed by atoms with Gasteiger partial charge in [0.25, 0.3) is 11.8 Å². The minimum absolute atomic E-state index is 0.000599. The summed E-state index contributed by atoms with van der Waals surface area (Å²) in [7, 11) is -6.74. The zero-order valence-electron chi connectivity index (χ0n) is 29.1. The van der Waals surface area contributed by atoms with Gasteiger partial charge in [-0.25, -0.2) is 26.3 Å². The molecule has 4 heterocycles. The summed E-state index contributed by atoms with van der Waals surface area (Å²) in [5.74, 6) is -0.608. The van der Waals surface area contributed by atoms with Gasteiger partial charge in [0.05, 0.1) is 21.3 Å². The lowest BCUT2D eigenvalue weighted by atomic mass is 10.1. The third kappa shape index (κ3) is 14.1. The van der Waals surface area contributed by atoms with E-state index in [2.05, 4.69) is 57.6 Å². The summed E-state index contributed by atoms with van der Waals surface area (Å²) in [4.78, 5) is 31.9. The number of likely N-dealkylation sites (tertiary alicyclic amines) is 2. The summed E-state index contributed by atoms with van der Waals surface area (Å²) in [6.07, 6.45) is 3.33. The molecule has 48 heavy (non-hydrogen) atoms. The molecular weight excluding hydrogens is 693 g/mol. The Hall–Kier alpha value is -1.92. The van der Waals surface area contributed by atoms with E-state index in [9.17, 15) is 26.4 Å². The second-order valence-electron chi connectivity index (χ2n) is 13.0. The Balaban J connectivity index is 0.000000260. The second kappa shape index (κ2) is 18.9. The number of carbonyl (C=O) groups is 2. The molecule has 12 nitrogen and oxygen atoms in total. The number of rotatable bonds is 14. The van der Waals surface area contributed by atoms with E-state index in [0.29, 0.717) is 21.8 Å². The maximum absolute atomic E-state index is 12.2. The molecule has 2 aromatic rings. The number of carbonyl (C=O) groups excluding carboxylic acids is 2. The van der Waals surface area contributed by atoms with E-state index in [1.54, 1.807) is 12.1 Å². The molecule has 2 aromatic heterocycles. The summed E-state index contributed by atoms with van der Waals surface area (Å²) in [5, 5.41) is 5.34. The van der Waals surface area contributed by atoms with E-state index in [-0.39, 0.29) is 48.5 Å². The maximum atomic E-state index is 12.2. The van der Waals surface area contributed by atoms with Gasteiger partial charge >= 0.3 is 0 Å². The Morgan fingerprint density at radius 3 is 1.27 bits per heavy atom. The van der Waals surface area contributed by atoms with Crippen LogP contribution in [0, 0.1) is 13.8 Å². The molecule has 0 atom stereocenters. The smallest absolute Gasteiger partial charge is 0.261 e. The van der Waals surface area contributed by atoms with Crippen molar-refractivity contribution < 1.29 is 26.4 Å². The molecule has 2 saturated heterocycles. The molecular formula is C32H54N6O6S4. The highest BCUT2D eigenvalue weighted by Gasteiger charge is 2.26. The van der Waals surface area contributed by atoms with E-state index in [1.807, 2.05) is 26.0 Å². The lowest BCUT2D eigenvalue weighted by Gasteiger charge is -2.34. The number of sulfonamides is 2. The van der Waals surface area contributed by atoms with Crippen LogP contribution in [-0.2, 0) is 20.0 Å². The standard InChI is InChI=1S/2C16H27N3O3S2/c2*1-12(2)19-9-6-14(7-10-19)18-24(21,22)11-8-17-16(20)15-5-4-13(3)23-15/h2*4-5,12,14,18H,6-11H2,1-3H3,(H,17,20). The van der Waals surface area contributed by atoms with Crippen molar-refractivity contribution in [3.8, 4) is 0 Å². The van der Waals surface area contributed by atoms with Crippen molar-refractivity contribution in [2.24, 2.45) is 0 Å². The van der Waals surface area contributed by atoms with Gasteiger partial charge in [0.15, 0.2) is 0 Å². The predicted octanol–water partition coefficient (Wildman–Crippen LogP) is 3.16. The molecule has 2 fully saturated rings. The van der Waals surface area contributed by atoms with Crippen molar-refractivity contribution in [3.63, 3.8) is 0 Å². The van der Waals surface area contributed by atoms with E-state index in [4.69, 9.17) is 0 Å². The van der Waals surface area contributed by atoms with Crippen LogP contribution in [0.15, 0.2) is 24.3 Å². The zero-order valence-corrected chi connectivity index (χ0v) is 32.3. The molecule has 2 aliphatic rings. The van der Waals surface area contributed by atoms with Crippen LogP contribution in [0.4, 0.5) is 0 Å². The summed E-state index contributed by atoms with van der Waals surface area (Å²) >= 11 is 2.81. The van der Waals surface area contributed by atoms with Gasteiger partial charge in [-0.15, -0.1) is 22.7 Å². The first-order chi connectivity index (χ1) is 22.5. The molecule has 2 amide bonds. The zero-order chi connectivity index (χ0) is 35.5. The number of nitrogens with zero attached hydrogens (tertiary/aromatic N) is 2. The molecule has 4 rings (SSSR count). The Kier molecular flexibility index (Phi) is 15.9. The van der Waals surface area contributed by atoms with Gasteiger partial charge in [-0.3, -0.25) is 9.59 Å². The number of aryl methyl sites for hydroxylation is 2. The second-order valence-corrected chi connectivity index (χ2v) is 19.3. The van der Waals surface area contributed by atoms with Crippen LogP contribution >= 0.6 is 22.7 Å². The summed E-state index contributed by atoms with van der Waals surface area (Å²) in [5.41, 5.74) is 0. The van der Waals surface area contributed by atoms with Crippen molar-refractivity contribution >= 4 is 54.5 Å². The molecule has 0 spiro atoms. The lowest BCUT2D eigenvalue weighted by Crippen LogP contribution is -2.47. The van der Waals surface area contributed by atoms with E-state index in [0.717, 1.165) is 61.6 Å². The number of piperidine rings is 2. The first kappa shape index (κ1) is 40.5. The fourth-order valence-electron chi connectivity index (χ4n) is 5.58. The van der Waals surface area contributed by atoms with Gasteiger partial charge in [0.2, 0.25) is 20.0 Å². The normalized spacial score (nSPS) is 17.3. The van der Waals surface area contributed by atoms with Crippen LogP contribution in [0.25, 0.3) is 0 Å². The number of amides is 2. The quantitative estimate of drug-likeness (QED) is 0.230. The summed E-state index contributed by atoms with van der Waals surface area (Å²) < 4.78 is 54.2. The van der Waals surface area contributed by atoms with Crippen LogP contribution in [0.5, 0.6) is 0 Å². The van der Waals surface area contributed by atoms with Crippen molar-refractivity contribution in [2.45, 2.75) is 91.4 Å². The molecule has 2 aliphatic heterocycles. The summed E-state index contributed by atoms with van der Waals surface area (Å²) in [6.45, 7) is 16.4. The van der Waals surface area contributed by atoms with Gasteiger partial charge in [-0.1, -0.05) is 0 Å². The molecule has 0 bridgehead atoms. The first-order valence-electron chi connectivity index (χ1n) is 16.7. The first-order valence-corrected chi connectivity index (χ1v) is 21.6. The Bertz CT molecular complexity index is 1410. The topological polar surface area (TPSA) is 157 Å². The van der Waals surface area contributed by atoms with Gasteiger partial charge in [0.1, 0.15) is 0 Å². The largest absolute Gasteiger partial charge is 0.350 e. The number of thiophene rings is 2. The highest BCUT2D eigenvalue weighted by Crippen LogP contribution is 2.17. The van der Waals surface area contributed by atoms with Crippen LogP contribution in [-0.4, -0.2) is 113 Å². The average molecular weight is 747 g/mol. The highest BCUT2D eigenvalue weighted by atomic mass is 32.2. The third-order valence-electron chi connectivity index (χ3n) is 8.45. The van der Waals surface area contributed by atoms with Crippen molar-refractivity contribution in [2.75, 3.05) is 50.8 Å². The van der Waals surface area contributed by atoms with Crippen LogP contribution in [0.3, 0.4) is 0 Å². The van der Waals surface area contributed by atoms with Crippen molar-refractivity contribution in [3.05, 3.63) is 43.8 Å². The number of hydrogen-bond donors (Lipinski definition) is 4. The molecule has 0 saturated carbocycles. The molecule has 0 aliphatic carbocycles. The molecule has 272 valence electrons. The molecule has 4 N–H and O–H groups in total.